The number of carbonyl (C=O) groups excluding carboxylic acids is 1. The molecule has 1 aliphatic rings. The molecule has 1 atom stereocenters. The van der Waals surface area contributed by atoms with Gasteiger partial charge in [0.2, 0.25) is 0 Å². The first kappa shape index (κ1) is 16.6. The Morgan fingerprint density at radius 1 is 1.33 bits per heavy atom. The molecular formula is C17H19F2N3O2. The van der Waals surface area contributed by atoms with E-state index in [1.165, 1.54) is 0 Å². The molecule has 0 spiro atoms. The van der Waals surface area contributed by atoms with Gasteiger partial charge in [-0.15, -0.1) is 0 Å². The quantitative estimate of drug-likeness (QED) is 0.847. The summed E-state index contributed by atoms with van der Waals surface area (Å²) in [5, 5.41) is 4.37. The van der Waals surface area contributed by atoms with Gasteiger partial charge in [-0.25, -0.2) is 8.78 Å². The molecule has 5 nitrogen and oxygen atoms in total. The molecule has 1 unspecified atom stereocenters. The maximum absolute atomic E-state index is 14.0. The average molecular weight is 335 g/mol. The van der Waals surface area contributed by atoms with Gasteiger partial charge in [0.15, 0.2) is 0 Å². The van der Waals surface area contributed by atoms with Crippen LogP contribution in [-0.4, -0.2) is 40.3 Å². The summed E-state index contributed by atoms with van der Waals surface area (Å²) in [7, 11) is 1.83. The van der Waals surface area contributed by atoms with Gasteiger partial charge in [-0.1, -0.05) is 0 Å². The Kier molecular flexibility index (Phi) is 4.36. The number of aryl methyl sites for hydroxylation is 2. The van der Waals surface area contributed by atoms with Gasteiger partial charge in [0.1, 0.15) is 11.6 Å². The van der Waals surface area contributed by atoms with Crippen molar-refractivity contribution in [2.24, 2.45) is 7.05 Å². The van der Waals surface area contributed by atoms with E-state index in [2.05, 4.69) is 5.10 Å². The number of halogens is 2. The standard InChI is InChI=1S/C17H19F2N3O2/c1-10-16(11(2)21(3)20-10)15-9-24-7-6-22(15)17(23)13-8-12(18)4-5-14(13)19/h4-5,8,15H,6-7,9H2,1-3H3. The van der Waals surface area contributed by atoms with E-state index >= 15 is 0 Å². The van der Waals surface area contributed by atoms with Gasteiger partial charge >= 0.3 is 0 Å². The predicted molar refractivity (Wildman–Crippen MR) is 83.6 cm³/mol. The lowest BCUT2D eigenvalue weighted by molar-refractivity contribution is -0.00330. The predicted octanol–water partition coefficient (Wildman–Crippen LogP) is 2.53. The first-order chi connectivity index (χ1) is 11.4. The first-order valence-electron chi connectivity index (χ1n) is 7.74. The van der Waals surface area contributed by atoms with Gasteiger partial charge in [0, 0.05) is 24.8 Å². The van der Waals surface area contributed by atoms with Crippen molar-refractivity contribution in [2.75, 3.05) is 19.8 Å². The molecule has 1 aliphatic heterocycles. The maximum Gasteiger partial charge on any atom is 0.257 e. The Morgan fingerprint density at radius 3 is 2.75 bits per heavy atom. The molecule has 2 heterocycles. The van der Waals surface area contributed by atoms with Crippen LogP contribution in [0.5, 0.6) is 0 Å². The minimum Gasteiger partial charge on any atom is -0.377 e. The third-order valence-corrected chi connectivity index (χ3v) is 4.45. The first-order valence-corrected chi connectivity index (χ1v) is 7.74. The molecule has 0 N–H and O–H groups in total. The number of ether oxygens (including phenoxy) is 1. The number of amides is 1. The van der Waals surface area contributed by atoms with Crippen molar-refractivity contribution in [1.29, 1.82) is 0 Å². The second-order valence-corrected chi connectivity index (χ2v) is 5.92. The van der Waals surface area contributed by atoms with Crippen LogP contribution in [0.15, 0.2) is 18.2 Å². The Hall–Kier alpha value is -2.28. The van der Waals surface area contributed by atoms with Gasteiger partial charge < -0.3 is 9.64 Å². The number of morpholine rings is 1. The summed E-state index contributed by atoms with van der Waals surface area (Å²) in [5.74, 6) is -1.91. The zero-order chi connectivity index (χ0) is 17.4. The minimum absolute atomic E-state index is 0.263. The fourth-order valence-electron chi connectivity index (χ4n) is 3.17. The number of benzene rings is 1. The summed E-state index contributed by atoms with van der Waals surface area (Å²) < 4.78 is 34.7. The summed E-state index contributed by atoms with van der Waals surface area (Å²) in [4.78, 5) is 14.4. The summed E-state index contributed by atoms with van der Waals surface area (Å²) >= 11 is 0. The molecule has 0 aliphatic carbocycles. The number of carbonyl (C=O) groups is 1. The highest BCUT2D eigenvalue weighted by atomic mass is 19.1. The molecule has 1 aromatic carbocycles. The molecule has 0 bridgehead atoms. The van der Waals surface area contributed by atoms with Crippen LogP contribution in [0.3, 0.4) is 0 Å². The van der Waals surface area contributed by atoms with E-state index in [0.29, 0.717) is 19.8 Å². The molecule has 1 aromatic heterocycles. The Labute approximate surface area is 138 Å². The fraction of sp³-hybridized carbons (Fsp3) is 0.412. The van der Waals surface area contributed by atoms with Crippen LogP contribution in [0, 0.1) is 25.5 Å². The topological polar surface area (TPSA) is 47.4 Å². The maximum atomic E-state index is 14.0. The van der Waals surface area contributed by atoms with Crippen LogP contribution in [0.1, 0.15) is 33.4 Å². The molecule has 3 rings (SSSR count). The van der Waals surface area contributed by atoms with Crippen molar-refractivity contribution in [3.05, 3.63) is 52.3 Å². The molecule has 1 saturated heterocycles. The van der Waals surface area contributed by atoms with Crippen molar-refractivity contribution < 1.29 is 18.3 Å². The highest BCUT2D eigenvalue weighted by molar-refractivity contribution is 5.95. The van der Waals surface area contributed by atoms with Crippen LogP contribution >= 0.6 is 0 Å². The van der Waals surface area contributed by atoms with Gasteiger partial charge in [-0.3, -0.25) is 9.48 Å². The van der Waals surface area contributed by atoms with Crippen molar-refractivity contribution >= 4 is 5.91 Å². The molecule has 7 heteroatoms. The van der Waals surface area contributed by atoms with Crippen LogP contribution < -0.4 is 0 Å². The lowest BCUT2D eigenvalue weighted by Crippen LogP contribution is -2.44. The number of rotatable bonds is 2. The van der Waals surface area contributed by atoms with Crippen molar-refractivity contribution in [2.45, 2.75) is 19.9 Å². The third kappa shape index (κ3) is 2.80. The zero-order valence-corrected chi connectivity index (χ0v) is 13.8. The van der Waals surface area contributed by atoms with Crippen LogP contribution in [0.4, 0.5) is 8.78 Å². The highest BCUT2D eigenvalue weighted by Gasteiger charge is 2.34. The van der Waals surface area contributed by atoms with Crippen molar-refractivity contribution in [3.63, 3.8) is 0 Å². The van der Waals surface area contributed by atoms with Crippen LogP contribution in [0.25, 0.3) is 0 Å². The monoisotopic (exact) mass is 335 g/mol. The van der Waals surface area contributed by atoms with E-state index in [1.807, 2.05) is 20.9 Å². The molecule has 24 heavy (non-hydrogen) atoms. The number of hydrogen-bond acceptors (Lipinski definition) is 3. The van der Waals surface area contributed by atoms with E-state index in [0.717, 1.165) is 35.2 Å². The summed E-state index contributed by atoms with van der Waals surface area (Å²) in [6.07, 6.45) is 0. The third-order valence-electron chi connectivity index (χ3n) is 4.45. The van der Waals surface area contributed by atoms with E-state index in [4.69, 9.17) is 4.74 Å². The van der Waals surface area contributed by atoms with Crippen LogP contribution in [0.2, 0.25) is 0 Å². The Morgan fingerprint density at radius 2 is 2.08 bits per heavy atom. The second kappa shape index (κ2) is 6.32. The SMILES string of the molecule is Cc1nn(C)c(C)c1C1COCCN1C(=O)c1cc(F)ccc1F. The molecule has 128 valence electrons. The molecule has 1 amide bonds. The molecule has 2 aromatic rings. The van der Waals surface area contributed by atoms with E-state index in [-0.39, 0.29) is 11.6 Å². The largest absolute Gasteiger partial charge is 0.377 e. The highest BCUT2D eigenvalue weighted by Crippen LogP contribution is 2.30. The lowest BCUT2D eigenvalue weighted by Gasteiger charge is -2.36. The van der Waals surface area contributed by atoms with E-state index in [9.17, 15) is 13.6 Å². The number of nitrogens with zero attached hydrogens (tertiary/aromatic N) is 3. The fourth-order valence-corrected chi connectivity index (χ4v) is 3.17. The number of hydrogen-bond donors (Lipinski definition) is 0. The summed E-state index contributed by atoms with van der Waals surface area (Å²) in [6.45, 7) is 4.75. The van der Waals surface area contributed by atoms with E-state index < -0.39 is 17.5 Å². The number of aromatic nitrogens is 2. The minimum atomic E-state index is -0.730. The summed E-state index contributed by atoms with van der Waals surface area (Å²) in [6, 6.07) is 2.53. The molecule has 0 saturated carbocycles. The van der Waals surface area contributed by atoms with Gasteiger partial charge in [0.05, 0.1) is 30.5 Å². The van der Waals surface area contributed by atoms with Gasteiger partial charge in [0.25, 0.3) is 5.91 Å². The van der Waals surface area contributed by atoms with Gasteiger partial charge in [-0.05, 0) is 32.0 Å². The van der Waals surface area contributed by atoms with Crippen molar-refractivity contribution in [3.8, 4) is 0 Å². The summed E-state index contributed by atoms with van der Waals surface area (Å²) in [5.41, 5.74) is 2.34. The average Bonchev–Trinajstić information content (AvgIpc) is 2.81. The molecule has 1 fully saturated rings. The zero-order valence-electron chi connectivity index (χ0n) is 13.8. The molecule has 0 radical (unpaired) electrons. The van der Waals surface area contributed by atoms with Gasteiger partial charge in [-0.2, -0.15) is 5.10 Å². The Balaban J connectivity index is 2.01. The Bertz CT molecular complexity index is 788. The second-order valence-electron chi connectivity index (χ2n) is 5.92. The lowest BCUT2D eigenvalue weighted by atomic mass is 10.0. The normalized spacial score (nSPS) is 18.0. The van der Waals surface area contributed by atoms with Crippen molar-refractivity contribution in [1.82, 2.24) is 14.7 Å². The smallest absolute Gasteiger partial charge is 0.257 e. The van der Waals surface area contributed by atoms with E-state index in [1.54, 1.807) is 9.58 Å². The van der Waals surface area contributed by atoms with Crippen LogP contribution in [-0.2, 0) is 11.8 Å². The molecular weight excluding hydrogens is 316 g/mol.